The molecule has 3 rings (SSSR count). The predicted molar refractivity (Wildman–Crippen MR) is 103 cm³/mol. The number of hydrogen-bond donors (Lipinski definition) is 1. The van der Waals surface area contributed by atoms with E-state index in [1.807, 2.05) is 18.7 Å². The van der Waals surface area contributed by atoms with Crippen LogP contribution in [0.2, 0.25) is 0 Å². The van der Waals surface area contributed by atoms with E-state index < -0.39 is 0 Å². The quantitative estimate of drug-likeness (QED) is 0.853. The van der Waals surface area contributed by atoms with Crippen molar-refractivity contribution in [2.75, 3.05) is 11.9 Å². The lowest BCUT2D eigenvalue weighted by Gasteiger charge is -2.22. The summed E-state index contributed by atoms with van der Waals surface area (Å²) in [5.41, 5.74) is 1.68. The van der Waals surface area contributed by atoms with Crippen LogP contribution in [0.1, 0.15) is 68.3 Å². The molecule has 1 unspecified atom stereocenters. The Labute approximate surface area is 155 Å². The molecule has 1 aliphatic heterocycles. The summed E-state index contributed by atoms with van der Waals surface area (Å²) < 4.78 is 0. The predicted octanol–water partition coefficient (Wildman–Crippen LogP) is 4.61. The molecule has 0 radical (unpaired) electrons. The number of nitrogens with one attached hydrogen (secondary N) is 1. The van der Waals surface area contributed by atoms with Gasteiger partial charge in [0, 0.05) is 23.4 Å². The van der Waals surface area contributed by atoms with Crippen LogP contribution in [0.5, 0.6) is 0 Å². The van der Waals surface area contributed by atoms with Gasteiger partial charge in [-0.25, -0.2) is 0 Å². The zero-order valence-electron chi connectivity index (χ0n) is 16.4. The van der Waals surface area contributed by atoms with Gasteiger partial charge in [-0.3, -0.25) is 9.59 Å². The monoisotopic (exact) mass is 362 g/mol. The molecule has 0 aromatic carbocycles. The molecule has 1 N–H and O–H groups in total. The molecule has 25 heavy (non-hydrogen) atoms. The number of carbonyl (C=O) groups excluding carboxylic acids is 2. The standard InChI is InChI=1S/C20H30N2O2S/c1-11-9-8-10-22(11)18(24)14-12(2)13(3)25-17(14)21-16(23)15-19(4,5)20(15,6)7/h11,15H,8-10H2,1-7H3,(H,21,23). The maximum Gasteiger partial charge on any atom is 0.257 e. The average molecular weight is 363 g/mol. The van der Waals surface area contributed by atoms with Crippen LogP contribution in [0.3, 0.4) is 0 Å². The molecule has 0 spiro atoms. The number of carbonyl (C=O) groups is 2. The highest BCUT2D eigenvalue weighted by Gasteiger charge is 2.68. The summed E-state index contributed by atoms with van der Waals surface area (Å²) in [6, 6.07) is 0.275. The molecule has 2 amide bonds. The van der Waals surface area contributed by atoms with E-state index in [4.69, 9.17) is 0 Å². The van der Waals surface area contributed by atoms with Crippen LogP contribution < -0.4 is 5.32 Å². The van der Waals surface area contributed by atoms with Gasteiger partial charge in [0.25, 0.3) is 5.91 Å². The molecule has 1 saturated heterocycles. The van der Waals surface area contributed by atoms with Crippen molar-refractivity contribution in [3.8, 4) is 0 Å². The Kier molecular flexibility index (Phi) is 4.30. The first-order chi connectivity index (χ1) is 11.5. The van der Waals surface area contributed by atoms with Crippen molar-refractivity contribution < 1.29 is 9.59 Å². The van der Waals surface area contributed by atoms with Crippen LogP contribution in [-0.4, -0.2) is 29.3 Å². The zero-order valence-corrected chi connectivity index (χ0v) is 17.3. The number of aryl methyl sites for hydroxylation is 1. The number of amides is 2. The summed E-state index contributed by atoms with van der Waals surface area (Å²) in [7, 11) is 0. The fraction of sp³-hybridized carbons (Fsp3) is 0.700. The molecule has 1 aromatic rings. The van der Waals surface area contributed by atoms with Gasteiger partial charge in [-0.15, -0.1) is 11.3 Å². The van der Waals surface area contributed by atoms with E-state index in [2.05, 4.69) is 39.9 Å². The van der Waals surface area contributed by atoms with E-state index in [9.17, 15) is 9.59 Å². The molecular weight excluding hydrogens is 332 g/mol. The van der Waals surface area contributed by atoms with Crippen LogP contribution >= 0.6 is 11.3 Å². The highest BCUT2D eigenvalue weighted by Crippen LogP contribution is 2.68. The second-order valence-electron chi connectivity index (χ2n) is 8.84. The topological polar surface area (TPSA) is 49.4 Å². The summed E-state index contributed by atoms with van der Waals surface area (Å²) in [5, 5.41) is 3.82. The number of likely N-dealkylation sites (tertiary alicyclic amines) is 1. The van der Waals surface area contributed by atoms with Crippen LogP contribution in [0.15, 0.2) is 0 Å². The van der Waals surface area contributed by atoms with E-state index in [0.29, 0.717) is 5.56 Å². The number of anilines is 1. The third-order valence-electron chi connectivity index (χ3n) is 6.93. The summed E-state index contributed by atoms with van der Waals surface area (Å²) in [6.45, 7) is 15.5. The highest BCUT2D eigenvalue weighted by molar-refractivity contribution is 7.16. The van der Waals surface area contributed by atoms with Gasteiger partial charge in [-0.05, 0) is 50.0 Å². The summed E-state index contributed by atoms with van der Waals surface area (Å²) in [6.07, 6.45) is 2.11. The molecule has 2 aliphatic rings. The Morgan fingerprint density at radius 3 is 2.24 bits per heavy atom. The van der Waals surface area contributed by atoms with E-state index in [-0.39, 0.29) is 34.6 Å². The number of hydrogen-bond acceptors (Lipinski definition) is 3. The largest absolute Gasteiger partial charge is 0.336 e. The first kappa shape index (κ1) is 18.4. The third kappa shape index (κ3) is 2.71. The van der Waals surface area contributed by atoms with Gasteiger partial charge in [0.1, 0.15) is 5.00 Å². The van der Waals surface area contributed by atoms with Crippen molar-refractivity contribution in [3.05, 3.63) is 16.0 Å². The van der Waals surface area contributed by atoms with Crippen molar-refractivity contribution in [1.29, 1.82) is 0 Å². The van der Waals surface area contributed by atoms with Crippen LogP contribution in [0.25, 0.3) is 0 Å². The Hall–Kier alpha value is -1.36. The fourth-order valence-corrected chi connectivity index (χ4v) is 5.44. The molecule has 4 nitrogen and oxygen atoms in total. The highest BCUT2D eigenvalue weighted by atomic mass is 32.1. The molecule has 138 valence electrons. The average Bonchev–Trinajstić information content (AvgIpc) is 2.84. The summed E-state index contributed by atoms with van der Waals surface area (Å²) >= 11 is 1.52. The summed E-state index contributed by atoms with van der Waals surface area (Å²) in [4.78, 5) is 29.0. The lowest BCUT2D eigenvalue weighted by atomic mass is 10.0. The van der Waals surface area contributed by atoms with Crippen molar-refractivity contribution in [2.24, 2.45) is 16.7 Å². The van der Waals surface area contributed by atoms with Gasteiger partial charge in [0.2, 0.25) is 5.91 Å². The van der Waals surface area contributed by atoms with Gasteiger partial charge in [0.05, 0.1) is 5.56 Å². The molecule has 1 saturated carbocycles. The second-order valence-corrected chi connectivity index (χ2v) is 10.1. The molecule has 2 heterocycles. The van der Waals surface area contributed by atoms with Crippen LogP contribution in [0.4, 0.5) is 5.00 Å². The SMILES string of the molecule is Cc1sc(NC(=O)C2C(C)(C)C2(C)C)c(C(=O)N2CCCC2C)c1C. The maximum absolute atomic E-state index is 13.1. The van der Waals surface area contributed by atoms with Crippen LogP contribution in [0, 0.1) is 30.6 Å². The molecular formula is C20H30N2O2S. The number of nitrogens with zero attached hydrogens (tertiary/aromatic N) is 1. The van der Waals surface area contributed by atoms with E-state index in [1.54, 1.807) is 0 Å². The van der Waals surface area contributed by atoms with Crippen LogP contribution in [-0.2, 0) is 4.79 Å². The molecule has 2 fully saturated rings. The lowest BCUT2D eigenvalue weighted by Crippen LogP contribution is -2.34. The van der Waals surface area contributed by atoms with E-state index >= 15 is 0 Å². The molecule has 1 aromatic heterocycles. The van der Waals surface area contributed by atoms with Gasteiger partial charge in [-0.2, -0.15) is 0 Å². The lowest BCUT2D eigenvalue weighted by molar-refractivity contribution is -0.118. The molecule has 1 aliphatic carbocycles. The first-order valence-electron chi connectivity index (χ1n) is 9.22. The minimum absolute atomic E-state index is 0.00787. The number of thiophene rings is 1. The zero-order chi connectivity index (χ0) is 18.7. The van der Waals surface area contributed by atoms with Gasteiger partial charge >= 0.3 is 0 Å². The minimum Gasteiger partial charge on any atom is -0.336 e. The van der Waals surface area contributed by atoms with Crippen molar-refractivity contribution in [1.82, 2.24) is 4.90 Å². The van der Waals surface area contributed by atoms with Gasteiger partial charge in [-0.1, -0.05) is 27.7 Å². The summed E-state index contributed by atoms with van der Waals surface area (Å²) in [5.74, 6) is 0.0904. The smallest absolute Gasteiger partial charge is 0.257 e. The van der Waals surface area contributed by atoms with Gasteiger partial charge in [0.15, 0.2) is 0 Å². The molecule has 1 atom stereocenters. The molecule has 0 bridgehead atoms. The third-order valence-corrected chi connectivity index (χ3v) is 8.06. The first-order valence-corrected chi connectivity index (χ1v) is 10.0. The van der Waals surface area contributed by atoms with Crippen molar-refractivity contribution >= 4 is 28.2 Å². The second kappa shape index (κ2) is 5.83. The van der Waals surface area contributed by atoms with Crippen molar-refractivity contribution in [2.45, 2.75) is 67.3 Å². The Bertz CT molecular complexity index is 718. The molecule has 5 heteroatoms. The normalized spacial score (nSPS) is 24.4. The van der Waals surface area contributed by atoms with E-state index in [1.165, 1.54) is 11.3 Å². The van der Waals surface area contributed by atoms with Crippen molar-refractivity contribution in [3.63, 3.8) is 0 Å². The number of rotatable bonds is 3. The fourth-order valence-electron chi connectivity index (χ4n) is 4.39. The van der Waals surface area contributed by atoms with E-state index in [0.717, 1.165) is 34.8 Å². The Balaban J connectivity index is 1.87. The van der Waals surface area contributed by atoms with Gasteiger partial charge < -0.3 is 10.2 Å². The Morgan fingerprint density at radius 1 is 1.16 bits per heavy atom. The minimum atomic E-state index is -0.0172. The Morgan fingerprint density at radius 2 is 1.76 bits per heavy atom. The maximum atomic E-state index is 13.1.